The number of carbonyl (C=O) groups excluding carboxylic acids is 1. The van der Waals surface area contributed by atoms with Crippen LogP contribution in [0.3, 0.4) is 0 Å². The maximum atomic E-state index is 12.9. The molecule has 3 rings (SSSR count). The van der Waals surface area contributed by atoms with Crippen molar-refractivity contribution in [2.24, 2.45) is 4.99 Å². The van der Waals surface area contributed by atoms with Crippen LogP contribution in [0.15, 0.2) is 59.6 Å². The minimum atomic E-state index is -5.51. The molecule has 2 aromatic carbocycles. The highest BCUT2D eigenvalue weighted by molar-refractivity contribution is 8.14. The molecule has 2 aromatic rings. The molecule has 1 atom stereocenters. The maximum absolute atomic E-state index is 12.9. The number of methoxy groups -OCH3 is 1. The molecule has 0 fully saturated rings. The number of alkyl halides is 5. The van der Waals surface area contributed by atoms with Gasteiger partial charge in [-0.05, 0) is 54.3 Å². The average Bonchev–Trinajstić information content (AvgIpc) is 3.31. The zero-order valence-electron chi connectivity index (χ0n) is 19.4. The molecule has 1 amide bonds. The van der Waals surface area contributed by atoms with Crippen molar-refractivity contribution < 1.29 is 31.5 Å². The minimum Gasteiger partial charge on any atom is -0.497 e. The van der Waals surface area contributed by atoms with Crippen LogP contribution in [0.4, 0.5) is 27.6 Å². The van der Waals surface area contributed by atoms with Gasteiger partial charge in [0.2, 0.25) is 5.91 Å². The molecular formula is C25H26F5N3O2S. The third-order valence-electron chi connectivity index (χ3n) is 5.38. The molecule has 0 saturated carbocycles. The van der Waals surface area contributed by atoms with Gasteiger partial charge in [-0.1, -0.05) is 36.0 Å². The second-order valence-corrected chi connectivity index (χ2v) is 9.07. The van der Waals surface area contributed by atoms with Gasteiger partial charge in [0.15, 0.2) is 5.17 Å². The molecule has 1 unspecified atom stereocenters. The smallest absolute Gasteiger partial charge is 0.453 e. The fourth-order valence-corrected chi connectivity index (χ4v) is 4.27. The van der Waals surface area contributed by atoms with Crippen LogP contribution in [0, 0.1) is 0 Å². The van der Waals surface area contributed by atoms with E-state index in [1.54, 1.807) is 37.5 Å². The summed E-state index contributed by atoms with van der Waals surface area (Å²) in [6, 6.07) is 14.6. The van der Waals surface area contributed by atoms with E-state index in [1.807, 2.05) is 24.3 Å². The standard InChI is InChI=1S/C25H26F5N3O2S/c1-35-20-11-7-18(8-12-20)21-16-36-23(32-21)33-22(34)13-6-17-4-9-19(10-5-17)31-15-3-2-14-24(26,27)25(28,29)30/h4-13,21,31H,2-3,14-16H2,1H3,(H,32,33,34)/b13-6+. The number of halogens is 5. The van der Waals surface area contributed by atoms with Crippen molar-refractivity contribution in [3.63, 3.8) is 0 Å². The van der Waals surface area contributed by atoms with Crippen molar-refractivity contribution in [2.45, 2.75) is 37.4 Å². The van der Waals surface area contributed by atoms with E-state index in [2.05, 4.69) is 15.6 Å². The average molecular weight is 528 g/mol. The van der Waals surface area contributed by atoms with E-state index >= 15 is 0 Å². The Bertz CT molecular complexity index is 1070. The lowest BCUT2D eigenvalue weighted by Crippen LogP contribution is -2.36. The lowest BCUT2D eigenvalue weighted by atomic mass is 10.1. The van der Waals surface area contributed by atoms with E-state index in [1.165, 1.54) is 17.8 Å². The number of nitrogens with one attached hydrogen (secondary N) is 2. The number of hydrogen-bond donors (Lipinski definition) is 2. The number of hydrogen-bond acceptors (Lipinski definition) is 5. The summed E-state index contributed by atoms with van der Waals surface area (Å²) in [5.41, 5.74) is 2.49. The molecule has 0 radical (unpaired) electrons. The first-order chi connectivity index (χ1) is 17.1. The van der Waals surface area contributed by atoms with Gasteiger partial charge in [-0.25, -0.2) is 0 Å². The van der Waals surface area contributed by atoms with Gasteiger partial charge in [0.05, 0.1) is 13.2 Å². The van der Waals surface area contributed by atoms with Crippen molar-refractivity contribution in [3.8, 4) is 5.75 Å². The number of thioether (sulfide) groups is 1. The summed E-state index contributed by atoms with van der Waals surface area (Å²) in [5.74, 6) is -3.48. The van der Waals surface area contributed by atoms with E-state index in [0.29, 0.717) is 10.9 Å². The Kier molecular flexibility index (Phi) is 9.36. The van der Waals surface area contributed by atoms with E-state index in [4.69, 9.17) is 4.74 Å². The quantitative estimate of drug-likeness (QED) is 0.212. The summed E-state index contributed by atoms with van der Waals surface area (Å²) in [4.78, 5) is 16.8. The second kappa shape index (κ2) is 12.2. The summed E-state index contributed by atoms with van der Waals surface area (Å²) < 4.78 is 67.4. The molecule has 5 nitrogen and oxygen atoms in total. The third-order valence-corrected chi connectivity index (χ3v) is 6.34. The summed E-state index contributed by atoms with van der Waals surface area (Å²) in [6.07, 6.45) is -3.78. The topological polar surface area (TPSA) is 62.7 Å². The normalized spacial score (nSPS) is 16.2. The largest absolute Gasteiger partial charge is 0.497 e. The van der Waals surface area contributed by atoms with Gasteiger partial charge >= 0.3 is 12.1 Å². The maximum Gasteiger partial charge on any atom is 0.453 e. The first-order valence-corrected chi connectivity index (χ1v) is 12.2. The zero-order chi connectivity index (χ0) is 26.2. The van der Waals surface area contributed by atoms with Crippen molar-refractivity contribution in [1.29, 1.82) is 0 Å². The molecular weight excluding hydrogens is 501 g/mol. The summed E-state index contributed by atoms with van der Waals surface area (Å²) in [5, 5.41) is 6.30. The fraction of sp³-hybridized carbons (Fsp3) is 0.360. The second-order valence-electron chi connectivity index (χ2n) is 8.06. The van der Waals surface area contributed by atoms with Crippen molar-refractivity contribution in [1.82, 2.24) is 5.32 Å². The third kappa shape index (κ3) is 7.97. The minimum absolute atomic E-state index is 0.0404. The van der Waals surface area contributed by atoms with Gasteiger partial charge in [0.1, 0.15) is 5.75 Å². The molecule has 0 aromatic heterocycles. The summed E-state index contributed by atoms with van der Waals surface area (Å²) >= 11 is 1.47. The SMILES string of the molecule is COc1ccc(C2CSC(NC(=O)/C=C/c3ccc(NCCCCC(F)(F)C(F)(F)F)cc3)=N2)cc1. The van der Waals surface area contributed by atoms with Crippen molar-refractivity contribution in [2.75, 3.05) is 24.7 Å². The van der Waals surface area contributed by atoms with Crippen LogP contribution in [-0.4, -0.2) is 42.6 Å². The summed E-state index contributed by atoms with van der Waals surface area (Å²) in [7, 11) is 1.61. The number of amidine groups is 1. The number of rotatable bonds is 10. The Balaban J connectivity index is 1.40. The Morgan fingerprint density at radius 1 is 1.08 bits per heavy atom. The van der Waals surface area contributed by atoms with E-state index in [9.17, 15) is 26.7 Å². The highest BCUT2D eigenvalue weighted by Crippen LogP contribution is 2.39. The van der Waals surface area contributed by atoms with Crippen LogP contribution in [-0.2, 0) is 4.79 Å². The van der Waals surface area contributed by atoms with E-state index in [-0.39, 0.29) is 31.3 Å². The number of anilines is 1. The Labute approximate surface area is 210 Å². The molecule has 0 bridgehead atoms. The van der Waals surface area contributed by atoms with Gasteiger partial charge in [0.25, 0.3) is 0 Å². The Hall–Kier alpha value is -3.08. The number of unbranched alkanes of at least 4 members (excludes halogenated alkanes) is 1. The molecule has 2 N–H and O–H groups in total. The highest BCUT2D eigenvalue weighted by Gasteiger charge is 2.56. The van der Waals surface area contributed by atoms with E-state index < -0.39 is 18.5 Å². The number of ether oxygens (including phenoxy) is 1. The first-order valence-electron chi connectivity index (χ1n) is 11.2. The number of nitrogens with zero attached hydrogens (tertiary/aromatic N) is 1. The Morgan fingerprint density at radius 2 is 1.78 bits per heavy atom. The van der Waals surface area contributed by atoms with Gasteiger partial charge in [-0.15, -0.1) is 0 Å². The lowest BCUT2D eigenvalue weighted by Gasteiger charge is -2.19. The molecule has 0 saturated heterocycles. The summed E-state index contributed by atoms with van der Waals surface area (Å²) in [6.45, 7) is 0.267. The van der Waals surface area contributed by atoms with Gasteiger partial charge < -0.3 is 15.4 Å². The molecule has 11 heteroatoms. The van der Waals surface area contributed by atoms with Gasteiger partial charge in [-0.2, -0.15) is 22.0 Å². The van der Waals surface area contributed by atoms with Crippen LogP contribution in [0.1, 0.15) is 36.4 Å². The monoisotopic (exact) mass is 527 g/mol. The number of benzene rings is 2. The predicted molar refractivity (Wildman–Crippen MR) is 133 cm³/mol. The molecule has 36 heavy (non-hydrogen) atoms. The number of amides is 1. The zero-order valence-corrected chi connectivity index (χ0v) is 20.3. The van der Waals surface area contributed by atoms with Crippen LogP contribution in [0.2, 0.25) is 0 Å². The predicted octanol–water partition coefficient (Wildman–Crippen LogP) is 6.45. The molecule has 1 aliphatic heterocycles. The Morgan fingerprint density at radius 3 is 2.42 bits per heavy atom. The molecule has 0 aliphatic carbocycles. The molecule has 194 valence electrons. The van der Waals surface area contributed by atoms with Crippen LogP contribution in [0.5, 0.6) is 5.75 Å². The first kappa shape index (κ1) is 27.5. The fourth-order valence-electron chi connectivity index (χ4n) is 3.32. The van der Waals surface area contributed by atoms with Gasteiger partial charge in [0, 0.05) is 30.5 Å². The number of aliphatic imine (C=N–C) groups is 1. The highest BCUT2D eigenvalue weighted by atomic mass is 32.2. The van der Waals surface area contributed by atoms with Crippen LogP contribution >= 0.6 is 11.8 Å². The molecule has 0 spiro atoms. The van der Waals surface area contributed by atoms with E-state index in [0.717, 1.165) is 22.6 Å². The van der Waals surface area contributed by atoms with Crippen LogP contribution < -0.4 is 15.4 Å². The molecule has 1 aliphatic rings. The van der Waals surface area contributed by atoms with Crippen LogP contribution in [0.25, 0.3) is 6.08 Å². The van der Waals surface area contributed by atoms with Crippen molar-refractivity contribution >= 4 is 34.6 Å². The van der Waals surface area contributed by atoms with Crippen molar-refractivity contribution in [3.05, 3.63) is 65.7 Å². The lowest BCUT2D eigenvalue weighted by molar-refractivity contribution is -0.284. The van der Waals surface area contributed by atoms with Gasteiger partial charge in [-0.3, -0.25) is 9.79 Å². The number of carbonyl (C=O) groups is 1. The molecule has 1 heterocycles.